The van der Waals surface area contributed by atoms with Crippen molar-refractivity contribution < 1.29 is 24.2 Å². The molecule has 2 saturated carbocycles. The molecular formula is C38H39N3O5. The Morgan fingerprint density at radius 3 is 2.39 bits per heavy atom. The van der Waals surface area contributed by atoms with Gasteiger partial charge in [0.15, 0.2) is 6.23 Å². The number of nitrogens with zero attached hydrogens (tertiary/aromatic N) is 1. The second-order valence-corrected chi connectivity index (χ2v) is 12.9. The van der Waals surface area contributed by atoms with E-state index in [1.54, 1.807) is 31.4 Å². The smallest absolute Gasteiger partial charge is 0.328 e. The largest absolute Gasteiger partial charge is 0.478 e. The molecule has 2 amide bonds. The van der Waals surface area contributed by atoms with Gasteiger partial charge in [0.1, 0.15) is 5.54 Å². The number of carboxylic acids is 1. The number of nitrogens with one attached hydrogen (secondary N) is 2. The van der Waals surface area contributed by atoms with Gasteiger partial charge in [0.05, 0.1) is 11.2 Å². The number of amides is 2. The van der Waals surface area contributed by atoms with Crippen LogP contribution in [0.5, 0.6) is 0 Å². The minimum atomic E-state index is -1.02. The van der Waals surface area contributed by atoms with Crippen molar-refractivity contribution in [2.75, 3.05) is 12.4 Å². The molecule has 3 aromatic carbocycles. The molecule has 46 heavy (non-hydrogen) atoms. The molecule has 3 N–H and O–H groups in total. The van der Waals surface area contributed by atoms with E-state index in [-0.39, 0.29) is 18.0 Å². The van der Waals surface area contributed by atoms with Crippen molar-refractivity contribution in [2.45, 2.75) is 75.5 Å². The summed E-state index contributed by atoms with van der Waals surface area (Å²) in [6.07, 6.45) is 11.1. The lowest BCUT2D eigenvalue weighted by molar-refractivity contribution is -0.131. The molecule has 4 aromatic rings. The molecule has 0 saturated heterocycles. The number of carbonyl (C=O) groups excluding carboxylic acids is 2. The predicted molar refractivity (Wildman–Crippen MR) is 179 cm³/mol. The van der Waals surface area contributed by atoms with E-state index < -0.39 is 11.5 Å². The lowest BCUT2D eigenvalue weighted by Crippen LogP contribution is -2.55. The summed E-state index contributed by atoms with van der Waals surface area (Å²) in [5.41, 5.74) is 6.68. The number of hydrogen-bond donors (Lipinski definition) is 3. The standard InChI is InChI=1S/C38H39N3O5/c1-46-36-29-12-6-5-11-28(29)34-33(25-9-3-2-4-10-25)30-19-16-26(23-31(30)41(34)36)35(44)40-38(21-7-8-22-38)37(45)39-27-17-13-24(14-18-27)15-20-32(42)43/h5-6,11-20,23,25,36H,2-4,7-10,21-22H2,1H3,(H,39,45)(H,40,44)(H,42,43)/b20-15+. The third kappa shape index (κ3) is 5.30. The van der Waals surface area contributed by atoms with Crippen molar-refractivity contribution >= 4 is 40.4 Å². The fourth-order valence-electron chi connectivity index (χ4n) is 7.87. The van der Waals surface area contributed by atoms with Crippen molar-refractivity contribution in [2.24, 2.45) is 0 Å². The second-order valence-electron chi connectivity index (χ2n) is 12.9. The number of carbonyl (C=O) groups is 3. The number of anilines is 1. The number of aromatic nitrogens is 1. The SMILES string of the molecule is COC1c2ccccc2-c2c(C3CCCCC3)c3ccc(C(=O)NC4(C(=O)Nc5ccc(/C=C/C(=O)O)cc5)CCCC4)cc3n21. The van der Waals surface area contributed by atoms with Crippen LogP contribution >= 0.6 is 0 Å². The molecule has 7 rings (SSSR count). The first-order valence-corrected chi connectivity index (χ1v) is 16.3. The van der Waals surface area contributed by atoms with Crippen LogP contribution < -0.4 is 10.6 Å². The van der Waals surface area contributed by atoms with Gasteiger partial charge in [-0.05, 0) is 73.1 Å². The Hall–Kier alpha value is -4.69. The minimum absolute atomic E-state index is 0.244. The van der Waals surface area contributed by atoms with E-state index in [9.17, 15) is 14.4 Å². The maximum atomic E-state index is 14.0. The van der Waals surface area contributed by atoms with Gasteiger partial charge in [0.2, 0.25) is 5.91 Å². The zero-order valence-corrected chi connectivity index (χ0v) is 26.1. The van der Waals surface area contributed by atoms with Gasteiger partial charge in [-0.2, -0.15) is 0 Å². The van der Waals surface area contributed by atoms with Gasteiger partial charge >= 0.3 is 5.97 Å². The quantitative estimate of drug-likeness (QED) is 0.176. The Labute approximate surface area is 268 Å². The highest BCUT2D eigenvalue weighted by Crippen LogP contribution is 2.51. The molecule has 0 bridgehead atoms. The highest BCUT2D eigenvalue weighted by Gasteiger charge is 2.43. The molecule has 0 radical (unpaired) electrons. The van der Waals surface area contributed by atoms with Crippen molar-refractivity contribution in [1.82, 2.24) is 9.88 Å². The molecule has 2 aliphatic carbocycles. The molecule has 2 fully saturated rings. The topological polar surface area (TPSA) is 110 Å². The van der Waals surface area contributed by atoms with Gasteiger partial charge < -0.3 is 25.0 Å². The Bertz CT molecular complexity index is 1840. The maximum absolute atomic E-state index is 14.0. The van der Waals surface area contributed by atoms with Crippen LogP contribution in [-0.4, -0.2) is 40.1 Å². The number of benzene rings is 3. The molecule has 1 unspecified atom stereocenters. The summed E-state index contributed by atoms with van der Waals surface area (Å²) < 4.78 is 8.37. The average molecular weight is 618 g/mol. The van der Waals surface area contributed by atoms with E-state index >= 15 is 0 Å². The van der Waals surface area contributed by atoms with Crippen LogP contribution in [0.25, 0.3) is 28.2 Å². The lowest BCUT2D eigenvalue weighted by atomic mass is 9.81. The third-order valence-electron chi connectivity index (χ3n) is 10.1. The van der Waals surface area contributed by atoms with Crippen LogP contribution in [0.4, 0.5) is 5.69 Å². The van der Waals surface area contributed by atoms with E-state index in [0.717, 1.165) is 42.8 Å². The number of aliphatic carboxylic acids is 1. The Balaban J connectivity index is 1.20. The summed E-state index contributed by atoms with van der Waals surface area (Å²) in [4.78, 5) is 38.5. The van der Waals surface area contributed by atoms with E-state index in [2.05, 4.69) is 45.5 Å². The second kappa shape index (κ2) is 12.2. The van der Waals surface area contributed by atoms with Gasteiger partial charge in [-0.15, -0.1) is 0 Å². The minimum Gasteiger partial charge on any atom is -0.478 e. The van der Waals surface area contributed by atoms with E-state index in [0.29, 0.717) is 35.6 Å². The number of rotatable bonds is 8. The summed E-state index contributed by atoms with van der Waals surface area (Å²) in [7, 11) is 1.74. The van der Waals surface area contributed by atoms with Gasteiger partial charge in [0.25, 0.3) is 5.91 Å². The van der Waals surface area contributed by atoms with Gasteiger partial charge in [-0.25, -0.2) is 4.79 Å². The first-order valence-electron chi connectivity index (χ1n) is 16.3. The van der Waals surface area contributed by atoms with E-state index in [4.69, 9.17) is 9.84 Å². The summed E-state index contributed by atoms with van der Waals surface area (Å²) in [6, 6.07) is 21.4. The molecular weight excluding hydrogens is 578 g/mol. The van der Waals surface area contributed by atoms with E-state index in [1.165, 1.54) is 47.5 Å². The fourth-order valence-corrected chi connectivity index (χ4v) is 7.87. The number of hydrogen-bond acceptors (Lipinski definition) is 4. The van der Waals surface area contributed by atoms with Crippen molar-refractivity contribution in [3.05, 3.63) is 95.1 Å². The fraction of sp³-hybridized carbons (Fsp3) is 0.342. The summed E-state index contributed by atoms with van der Waals surface area (Å²) in [6.45, 7) is 0. The van der Waals surface area contributed by atoms with Crippen molar-refractivity contribution in [3.63, 3.8) is 0 Å². The van der Waals surface area contributed by atoms with E-state index in [1.807, 2.05) is 12.1 Å². The molecule has 2 heterocycles. The molecule has 1 atom stereocenters. The number of ether oxygens (including phenoxy) is 1. The van der Waals surface area contributed by atoms with Crippen LogP contribution in [0, 0.1) is 0 Å². The van der Waals surface area contributed by atoms with Crippen LogP contribution in [0.1, 0.15) is 97.0 Å². The normalized spacial score (nSPS) is 18.8. The van der Waals surface area contributed by atoms with Crippen LogP contribution in [0.15, 0.2) is 72.8 Å². The molecule has 1 aromatic heterocycles. The maximum Gasteiger partial charge on any atom is 0.328 e. The van der Waals surface area contributed by atoms with Crippen LogP contribution in [0.3, 0.4) is 0 Å². The lowest BCUT2D eigenvalue weighted by Gasteiger charge is -2.29. The monoisotopic (exact) mass is 617 g/mol. The van der Waals surface area contributed by atoms with Crippen molar-refractivity contribution in [3.8, 4) is 11.3 Å². The molecule has 0 spiro atoms. The molecule has 8 heteroatoms. The van der Waals surface area contributed by atoms with Gasteiger partial charge in [-0.1, -0.05) is 74.6 Å². The number of fused-ring (bicyclic) bond motifs is 5. The average Bonchev–Trinajstić information content (AvgIpc) is 3.77. The zero-order chi connectivity index (χ0) is 31.8. The van der Waals surface area contributed by atoms with Gasteiger partial charge in [0, 0.05) is 40.9 Å². The highest BCUT2D eigenvalue weighted by molar-refractivity contribution is 6.06. The molecule has 8 nitrogen and oxygen atoms in total. The first-order chi connectivity index (χ1) is 22.4. The predicted octanol–water partition coefficient (Wildman–Crippen LogP) is 7.64. The summed E-state index contributed by atoms with van der Waals surface area (Å²) >= 11 is 0. The molecule has 1 aliphatic heterocycles. The number of methoxy groups -OCH3 is 1. The Morgan fingerprint density at radius 1 is 0.935 bits per heavy atom. The third-order valence-corrected chi connectivity index (χ3v) is 10.1. The molecule has 3 aliphatic rings. The zero-order valence-electron chi connectivity index (χ0n) is 26.1. The summed E-state index contributed by atoms with van der Waals surface area (Å²) in [5, 5.41) is 16.2. The van der Waals surface area contributed by atoms with Crippen LogP contribution in [0.2, 0.25) is 0 Å². The first kappa shape index (κ1) is 30.0. The Morgan fingerprint density at radius 2 is 1.67 bits per heavy atom. The van der Waals surface area contributed by atoms with Gasteiger partial charge in [-0.3, -0.25) is 9.59 Å². The van der Waals surface area contributed by atoms with Crippen LogP contribution in [-0.2, 0) is 14.3 Å². The van der Waals surface area contributed by atoms with Crippen molar-refractivity contribution in [1.29, 1.82) is 0 Å². The Kier molecular flexibility index (Phi) is 7.99. The number of carboxylic acid groups (broad SMARTS) is 1. The highest BCUT2D eigenvalue weighted by atomic mass is 16.5. The summed E-state index contributed by atoms with van der Waals surface area (Å²) in [5.74, 6) is -1.08. The molecule has 236 valence electrons.